The van der Waals surface area contributed by atoms with Crippen molar-refractivity contribution < 1.29 is 62.9 Å². The molecule has 17 nitrogen and oxygen atoms in total. The van der Waals surface area contributed by atoms with Gasteiger partial charge in [0.05, 0.1) is 48.0 Å². The fourth-order valence-electron chi connectivity index (χ4n) is 9.21. The highest BCUT2D eigenvalue weighted by Crippen LogP contribution is 2.38. The Bertz CT molecular complexity index is 1910. The number of carbonyl (C=O) groups excluding carboxylic acids is 3. The van der Waals surface area contributed by atoms with Gasteiger partial charge < -0.3 is 58.7 Å². The van der Waals surface area contributed by atoms with Gasteiger partial charge in [0, 0.05) is 38.8 Å². The largest absolute Gasteiger partial charge is 0.462 e. The number of aromatic nitrogens is 2. The zero-order chi connectivity index (χ0) is 49.0. The number of aliphatic hydroxyl groups is 3. The molecule has 2 saturated heterocycles. The van der Waals surface area contributed by atoms with Crippen molar-refractivity contribution in [2.45, 2.75) is 173 Å². The quantitative estimate of drug-likeness (QED) is 0.140. The van der Waals surface area contributed by atoms with Gasteiger partial charge in [0.1, 0.15) is 30.0 Å². The third-order valence-electron chi connectivity index (χ3n) is 12.7. The molecule has 2 fully saturated rings. The summed E-state index contributed by atoms with van der Waals surface area (Å²) in [5, 5.41) is 43.1. The first-order valence-electron chi connectivity index (χ1n) is 23.5. The number of esters is 2. The molecule has 1 aromatic carbocycles. The maximum absolute atomic E-state index is 13.6. The third-order valence-corrected chi connectivity index (χ3v) is 13.4. The summed E-state index contributed by atoms with van der Waals surface area (Å²) in [5.41, 5.74) is 0.578. The number of ether oxygens (including phenoxy) is 7. The Morgan fingerprint density at radius 3 is 2.39 bits per heavy atom. The lowest BCUT2D eigenvalue weighted by Gasteiger charge is -2.50. The second kappa shape index (κ2) is 25.4. The van der Waals surface area contributed by atoms with Crippen molar-refractivity contribution in [1.29, 1.82) is 0 Å². The van der Waals surface area contributed by atoms with Crippen LogP contribution in [0.5, 0.6) is 0 Å². The van der Waals surface area contributed by atoms with E-state index in [4.69, 9.17) is 33.2 Å². The van der Waals surface area contributed by atoms with E-state index in [1.165, 1.54) is 24.7 Å². The summed E-state index contributed by atoms with van der Waals surface area (Å²) >= 11 is 1.33. The number of hydrogen-bond donors (Lipinski definition) is 4. The van der Waals surface area contributed by atoms with Gasteiger partial charge >= 0.3 is 11.9 Å². The second-order valence-corrected chi connectivity index (χ2v) is 20.0. The average molecular weight is 959 g/mol. The van der Waals surface area contributed by atoms with Gasteiger partial charge in [0.2, 0.25) is 0 Å². The van der Waals surface area contributed by atoms with Crippen LogP contribution in [0.2, 0.25) is 0 Å². The predicted molar refractivity (Wildman–Crippen MR) is 250 cm³/mol. The van der Waals surface area contributed by atoms with E-state index in [0.29, 0.717) is 32.4 Å². The van der Waals surface area contributed by atoms with Crippen molar-refractivity contribution in [2.75, 3.05) is 27.7 Å². The topological polar surface area (TPSA) is 218 Å². The Balaban J connectivity index is 1.40. The number of aliphatic hydroxyl groups excluding tert-OH is 2. The van der Waals surface area contributed by atoms with Crippen LogP contribution in [0.25, 0.3) is 10.4 Å². The molecule has 3 aliphatic rings. The van der Waals surface area contributed by atoms with Crippen LogP contribution >= 0.6 is 11.5 Å². The van der Waals surface area contributed by atoms with Crippen molar-refractivity contribution >= 4 is 29.3 Å². The minimum atomic E-state index is -1.49. The molecule has 0 saturated carbocycles. The highest BCUT2D eigenvalue weighted by Gasteiger charge is 2.52. The zero-order valence-electron chi connectivity index (χ0n) is 40.7. The number of ketones is 1. The van der Waals surface area contributed by atoms with E-state index in [-0.39, 0.29) is 24.5 Å². The predicted octanol–water partition coefficient (Wildman–Crippen LogP) is 4.76. The molecule has 0 bridgehead atoms. The smallest absolute Gasteiger partial charge is 0.308 e. The molecule has 67 heavy (non-hydrogen) atoms. The molecular formula is C49H74N4O13S. The number of cyclic esters (lactones) is 1. The van der Waals surface area contributed by atoms with Gasteiger partial charge in [-0.05, 0) is 102 Å². The number of methoxy groups -OCH3 is 1. The number of allylic oxidation sites excluding steroid dienone is 3. The van der Waals surface area contributed by atoms with Crippen LogP contribution in [-0.4, -0.2) is 154 Å². The fourth-order valence-corrected chi connectivity index (χ4v) is 9.72. The number of hydrogen-bond acceptors (Lipinski definition) is 18. The third kappa shape index (κ3) is 15.5. The van der Waals surface area contributed by atoms with Gasteiger partial charge in [-0.1, -0.05) is 67.8 Å². The van der Waals surface area contributed by atoms with E-state index < -0.39 is 109 Å². The average Bonchev–Trinajstić information content (AvgIpc) is 3.79. The van der Waals surface area contributed by atoms with Crippen molar-refractivity contribution in [3.8, 4) is 10.4 Å². The fraction of sp³-hybridized carbons (Fsp3) is 0.694. The molecule has 15 atom stereocenters. The maximum atomic E-state index is 13.6. The molecule has 3 aliphatic heterocycles. The molecule has 2 aromatic rings. The lowest BCUT2D eigenvalue weighted by atomic mass is 9.82. The summed E-state index contributed by atoms with van der Waals surface area (Å²) in [6.45, 7) is 13.5. The van der Waals surface area contributed by atoms with E-state index in [1.54, 1.807) is 65.0 Å². The van der Waals surface area contributed by atoms with Gasteiger partial charge in [-0.3, -0.25) is 14.4 Å². The molecule has 374 valence electrons. The minimum Gasteiger partial charge on any atom is -0.462 e. The second-order valence-electron chi connectivity index (χ2n) is 19.2. The normalized spacial score (nSPS) is 35.9. The molecule has 18 heteroatoms. The molecular weight excluding hydrogens is 885 g/mol. The first-order chi connectivity index (χ1) is 31.8. The van der Waals surface area contributed by atoms with Crippen LogP contribution in [0.4, 0.5) is 0 Å². The number of carbonyl (C=O) groups is 3. The first kappa shape index (κ1) is 54.4. The van der Waals surface area contributed by atoms with E-state index in [1.807, 2.05) is 51.1 Å². The van der Waals surface area contributed by atoms with Crippen molar-refractivity contribution in [1.82, 2.24) is 19.8 Å². The SMILES string of the molecule is CO[C@@H]1[C@@H](O[C@@H]2O[C@H](C)[C@@H](O[C@H]3C[C@@](C)(O)[C@@H](OC(=O)CC(C)C)[C@H](C)O3)[C@H](N(C)C)[C@H]2O)[C@@H](CCNCc2ccc(-c3cnns3)cc2)C[C@@H](C)C(=O)/C=C\C=C/C[C@@H](C)OC(=O)C[C@H]1O. The van der Waals surface area contributed by atoms with Gasteiger partial charge in [-0.15, -0.1) is 5.10 Å². The van der Waals surface area contributed by atoms with Crippen molar-refractivity contribution in [2.24, 2.45) is 17.8 Å². The summed E-state index contributed by atoms with van der Waals surface area (Å²) in [7, 11) is 5.00. The highest BCUT2D eigenvalue weighted by atomic mass is 32.1. The van der Waals surface area contributed by atoms with Crippen LogP contribution in [-0.2, 0) is 54.1 Å². The molecule has 4 heterocycles. The number of rotatable bonds is 15. The van der Waals surface area contributed by atoms with E-state index in [9.17, 15) is 29.7 Å². The number of nitrogens with one attached hydrogen (secondary N) is 1. The Morgan fingerprint density at radius 2 is 1.75 bits per heavy atom. The van der Waals surface area contributed by atoms with Gasteiger partial charge in [0.15, 0.2) is 24.5 Å². The zero-order valence-corrected chi connectivity index (χ0v) is 41.5. The van der Waals surface area contributed by atoms with Crippen LogP contribution < -0.4 is 5.32 Å². The first-order valence-corrected chi connectivity index (χ1v) is 24.3. The van der Waals surface area contributed by atoms with E-state index in [2.05, 4.69) is 14.9 Å². The van der Waals surface area contributed by atoms with Crippen LogP contribution in [0.15, 0.2) is 54.8 Å². The summed E-state index contributed by atoms with van der Waals surface area (Å²) in [5.74, 6) is -2.05. The lowest BCUT2D eigenvalue weighted by molar-refractivity contribution is -0.344. The molecule has 0 aliphatic carbocycles. The molecule has 0 spiro atoms. The summed E-state index contributed by atoms with van der Waals surface area (Å²) in [4.78, 5) is 42.2. The molecule has 1 aromatic heterocycles. The summed E-state index contributed by atoms with van der Waals surface area (Å²) in [6, 6.07) is 7.36. The Kier molecular flexibility index (Phi) is 20.6. The summed E-state index contributed by atoms with van der Waals surface area (Å²) < 4.78 is 47.4. The molecule has 5 rings (SSSR count). The van der Waals surface area contributed by atoms with Crippen molar-refractivity contribution in [3.05, 3.63) is 60.3 Å². The van der Waals surface area contributed by atoms with Gasteiger partial charge in [-0.2, -0.15) is 0 Å². The van der Waals surface area contributed by atoms with E-state index in [0.717, 1.165) is 16.0 Å². The number of nitrogens with zero attached hydrogens (tertiary/aromatic N) is 3. The molecule has 0 unspecified atom stereocenters. The number of benzene rings is 1. The van der Waals surface area contributed by atoms with Crippen LogP contribution in [0.1, 0.15) is 92.6 Å². The molecule has 0 radical (unpaired) electrons. The van der Waals surface area contributed by atoms with Crippen LogP contribution in [0, 0.1) is 17.8 Å². The molecule has 4 N–H and O–H groups in total. The van der Waals surface area contributed by atoms with E-state index >= 15 is 0 Å². The Hall–Kier alpha value is -3.53. The van der Waals surface area contributed by atoms with Gasteiger partial charge in [-0.25, -0.2) is 0 Å². The summed E-state index contributed by atoms with van der Waals surface area (Å²) in [6.07, 6.45) is -1.41. The van der Waals surface area contributed by atoms with Crippen molar-refractivity contribution in [3.63, 3.8) is 0 Å². The monoisotopic (exact) mass is 958 g/mol. The highest BCUT2D eigenvalue weighted by molar-refractivity contribution is 7.09. The van der Waals surface area contributed by atoms with Crippen LogP contribution in [0.3, 0.4) is 0 Å². The maximum Gasteiger partial charge on any atom is 0.308 e. The minimum absolute atomic E-state index is 0.0268. The number of likely N-dealkylation sites (N-methyl/N-ethyl adjacent to an activating group) is 1. The lowest BCUT2D eigenvalue weighted by Crippen LogP contribution is -2.66. The van der Waals surface area contributed by atoms with Gasteiger partial charge in [0.25, 0.3) is 0 Å². The molecule has 0 amide bonds. The Morgan fingerprint density at radius 1 is 1.01 bits per heavy atom. The standard InChI is InChI=1S/C49H74N4O13S/c1-28(2)22-39(56)64-47-32(6)62-41(25-49(47,7)59)65-44-31(5)63-48(43(58)42(44)53(8)9)66-45-35(20-21-50-26-33-16-18-34(19-17-33)38-27-51-52-67-38)23-29(3)36(54)15-13-11-12-14-30(4)61-40(57)24-37(55)46(45)60-10/h11-13,15-19,27-32,35,37,41-48,50,55,58-59H,14,20-26H2,1-10H3/b12-11-,15-13-/t29-,30-,31-,32+,35+,37-,41+,42-,43-,44-,45+,46+,47+,48+,49-/m1/s1. The Labute approximate surface area is 399 Å².